The first kappa shape index (κ1) is 77.1. The highest BCUT2D eigenvalue weighted by Crippen LogP contribution is 2.53. The van der Waals surface area contributed by atoms with Crippen LogP contribution >= 0.6 is 15.9 Å². The fourth-order valence-corrected chi connectivity index (χ4v) is 17.4. The van der Waals surface area contributed by atoms with Crippen LogP contribution in [0.4, 0.5) is 17.1 Å². The van der Waals surface area contributed by atoms with E-state index in [1.165, 1.54) is 198 Å². The quantitative estimate of drug-likeness (QED) is 0.139. The minimum absolute atomic E-state index is 0.0304. The van der Waals surface area contributed by atoms with E-state index in [-0.39, 0.29) is 43.3 Å². The second kappa shape index (κ2) is 29.6. The number of halogens is 1. The van der Waals surface area contributed by atoms with Gasteiger partial charge in [0, 0.05) is 32.4 Å². The van der Waals surface area contributed by atoms with Crippen LogP contribution in [-0.4, -0.2) is 0 Å². The number of rotatable bonds is 9. The fraction of sp³-hybridized carbons (Fsp3) is 0.417. The zero-order valence-electron chi connectivity index (χ0n) is 68.4. The van der Waals surface area contributed by atoms with Gasteiger partial charge in [-0.05, 0) is 247 Å². The van der Waals surface area contributed by atoms with Crippen LogP contribution < -0.4 is 4.90 Å². The first-order chi connectivity index (χ1) is 49.2. The second-order valence-electron chi connectivity index (χ2n) is 39.1. The normalized spacial score (nSPS) is 15.9. The molecule has 0 bridgehead atoms. The molecule has 2 heteroatoms. The number of fused-ring (bicyclic) bond motifs is 6. The molecule has 2 fully saturated rings. The molecule has 2 saturated carbocycles. The third-order valence-corrected chi connectivity index (χ3v) is 24.4. The van der Waals surface area contributed by atoms with Gasteiger partial charge in [0.05, 0.1) is 0 Å². The highest BCUT2D eigenvalue weighted by Gasteiger charge is 2.38. The van der Waals surface area contributed by atoms with Gasteiger partial charge in [0.1, 0.15) is 0 Å². The number of benzene rings is 10. The molecule has 4 aliphatic carbocycles. The van der Waals surface area contributed by atoms with Crippen molar-refractivity contribution >= 4 is 33.0 Å². The summed E-state index contributed by atoms with van der Waals surface area (Å²) in [7, 11) is 0. The van der Waals surface area contributed by atoms with Crippen LogP contribution in [0.1, 0.15) is 306 Å². The minimum Gasteiger partial charge on any atom is -0.310 e. The number of anilines is 3. The van der Waals surface area contributed by atoms with Gasteiger partial charge in [-0.25, -0.2) is 0 Å². The van der Waals surface area contributed by atoms with Gasteiger partial charge in [-0.2, -0.15) is 0 Å². The van der Waals surface area contributed by atoms with Crippen LogP contribution in [0.25, 0.3) is 44.5 Å². The Labute approximate surface area is 644 Å². The molecule has 0 radical (unpaired) electrons. The lowest BCUT2D eigenvalue weighted by atomic mass is 9.78. The van der Waals surface area contributed by atoms with Crippen molar-refractivity contribution in [2.24, 2.45) is 0 Å². The topological polar surface area (TPSA) is 3.24 Å². The number of hydrogen-bond donors (Lipinski definition) is 0. The highest BCUT2D eigenvalue weighted by molar-refractivity contribution is 9.10. The van der Waals surface area contributed by atoms with E-state index in [9.17, 15) is 0 Å². The molecule has 14 rings (SSSR count). The molecule has 0 saturated heterocycles. The van der Waals surface area contributed by atoms with Gasteiger partial charge in [0.25, 0.3) is 0 Å². The molecular formula is C103H124BrN. The van der Waals surface area contributed by atoms with Crippen molar-refractivity contribution in [1.29, 1.82) is 0 Å². The van der Waals surface area contributed by atoms with Crippen molar-refractivity contribution in [3.63, 3.8) is 0 Å². The molecule has 10 aromatic rings. The van der Waals surface area contributed by atoms with Gasteiger partial charge in [-0.15, -0.1) is 0 Å². The van der Waals surface area contributed by atoms with Crippen molar-refractivity contribution in [2.75, 3.05) is 4.90 Å². The maximum Gasteiger partial charge on any atom is 0.0470 e. The molecule has 4 aliphatic rings. The molecule has 0 amide bonds. The summed E-state index contributed by atoms with van der Waals surface area (Å²) in [5.74, 6) is 1.47. The molecule has 0 unspecified atom stereocenters. The Bertz CT molecular complexity index is 4670. The van der Waals surface area contributed by atoms with Crippen LogP contribution in [0.15, 0.2) is 211 Å². The minimum atomic E-state index is -0.0758. The Morgan fingerprint density at radius 2 is 0.629 bits per heavy atom. The van der Waals surface area contributed by atoms with E-state index >= 15 is 0 Å². The van der Waals surface area contributed by atoms with E-state index in [1.807, 2.05) is 0 Å². The summed E-state index contributed by atoms with van der Waals surface area (Å²) in [5.41, 5.74) is 34.7. The summed E-state index contributed by atoms with van der Waals surface area (Å²) in [6.07, 6.45) is 14.7. The fourth-order valence-electron chi connectivity index (χ4n) is 16.9. The Balaban J connectivity index is 0.000000164. The van der Waals surface area contributed by atoms with Gasteiger partial charge in [0.2, 0.25) is 0 Å². The van der Waals surface area contributed by atoms with Gasteiger partial charge in [-0.3, -0.25) is 0 Å². The highest BCUT2D eigenvalue weighted by atomic mass is 79.9. The zero-order chi connectivity index (χ0) is 75.6. The first-order valence-corrected chi connectivity index (χ1v) is 40.8. The van der Waals surface area contributed by atoms with Crippen molar-refractivity contribution in [3.05, 3.63) is 289 Å². The average Bonchev–Trinajstić information content (AvgIpc) is 1.64. The van der Waals surface area contributed by atoms with E-state index in [2.05, 4.69) is 379 Å². The molecule has 0 N–H and O–H groups in total. The standard InChI is InChI=1S/C51H61N.C28H30.C24H33Br/c1-48(2,3)38-27-36(28-39(31-38)49(4,5)6)37-29-40(50(7,8)9)32-43(30-37)52(41-23-21-35(22-24-41)34-17-13-12-14-18-34)42-25-26-45-44-19-15-16-20-46(44)51(10,11)47(45)33-42;1-28(2)26-11-7-6-10-24(26)25-17-14-21(19-27(25)28)18-20-12-15-23(16-13-20)22-8-4-3-5-9-22;1-22(2,3)18-10-16(11-19(14-18)23(4,5)6)17-12-20(24(7,8)9)15-21(25)13-17/h15-16,19-34H,12-14,17-18H2,1-11H3;6-7,10-17,19,22H,3-5,8-9,18H2,1-2H3;10-15H,1-9H3. The lowest BCUT2D eigenvalue weighted by Crippen LogP contribution is -2.18. The monoisotopic (exact) mass is 1450 g/mol. The van der Waals surface area contributed by atoms with E-state index in [0.29, 0.717) is 5.92 Å². The van der Waals surface area contributed by atoms with Gasteiger partial charge < -0.3 is 4.90 Å². The smallest absolute Gasteiger partial charge is 0.0470 e. The largest absolute Gasteiger partial charge is 0.310 e. The van der Waals surface area contributed by atoms with E-state index < -0.39 is 0 Å². The number of hydrogen-bond acceptors (Lipinski definition) is 1. The summed E-state index contributed by atoms with van der Waals surface area (Å²) < 4.78 is 1.15. The molecule has 10 aromatic carbocycles. The molecule has 548 valence electrons. The first-order valence-electron chi connectivity index (χ1n) is 40.0. The Kier molecular flexibility index (Phi) is 21.7. The summed E-state index contributed by atoms with van der Waals surface area (Å²) in [6, 6.07) is 79.9. The maximum absolute atomic E-state index is 3.72. The number of nitrogens with zero attached hydrogens (tertiary/aromatic N) is 1. The van der Waals surface area contributed by atoms with Crippen molar-refractivity contribution in [1.82, 2.24) is 0 Å². The van der Waals surface area contributed by atoms with Crippen LogP contribution in [0.5, 0.6) is 0 Å². The van der Waals surface area contributed by atoms with E-state index in [1.54, 1.807) is 5.56 Å². The third kappa shape index (κ3) is 17.1. The van der Waals surface area contributed by atoms with Crippen molar-refractivity contribution in [2.45, 2.75) is 278 Å². The molecular weight excluding hydrogens is 1330 g/mol. The third-order valence-electron chi connectivity index (χ3n) is 24.0. The predicted molar refractivity (Wildman–Crippen MR) is 461 cm³/mol. The van der Waals surface area contributed by atoms with Crippen LogP contribution in [0.3, 0.4) is 0 Å². The summed E-state index contributed by atoms with van der Waals surface area (Å²) in [5, 5.41) is 0. The lowest BCUT2D eigenvalue weighted by Gasteiger charge is -2.31. The average molecular weight is 1460 g/mol. The second-order valence-corrected chi connectivity index (χ2v) is 40.0. The molecule has 0 aliphatic heterocycles. The summed E-state index contributed by atoms with van der Waals surface area (Å²) in [4.78, 5) is 2.53. The molecule has 0 spiro atoms. The molecule has 0 heterocycles. The van der Waals surface area contributed by atoms with Crippen LogP contribution in [0.2, 0.25) is 0 Å². The van der Waals surface area contributed by atoms with Crippen LogP contribution in [-0.2, 0) is 49.7 Å². The Morgan fingerprint density at radius 1 is 0.295 bits per heavy atom. The van der Waals surface area contributed by atoms with Gasteiger partial charge in [0.15, 0.2) is 0 Å². The molecule has 105 heavy (non-hydrogen) atoms. The van der Waals surface area contributed by atoms with Crippen LogP contribution in [0, 0.1) is 0 Å². The summed E-state index contributed by atoms with van der Waals surface area (Å²) >= 11 is 3.72. The molecule has 1 nitrogen and oxygen atoms in total. The molecule has 0 aromatic heterocycles. The lowest BCUT2D eigenvalue weighted by molar-refractivity contribution is 0.443. The van der Waals surface area contributed by atoms with Gasteiger partial charge >= 0.3 is 0 Å². The van der Waals surface area contributed by atoms with Crippen molar-refractivity contribution in [3.8, 4) is 44.5 Å². The summed E-state index contributed by atoms with van der Waals surface area (Å²) in [6.45, 7) is 51.1. The van der Waals surface area contributed by atoms with E-state index in [4.69, 9.17) is 0 Å². The van der Waals surface area contributed by atoms with E-state index in [0.717, 1.165) is 16.8 Å². The molecule has 0 atom stereocenters. The maximum atomic E-state index is 3.72. The predicted octanol–water partition coefficient (Wildman–Crippen LogP) is 30.7. The zero-order valence-corrected chi connectivity index (χ0v) is 70.0. The SMILES string of the molecule is CC(C)(C)c1cc(-c2cc(C(C)(C)C)cc(C(C)(C)C)c2)cc(N(c2ccc(C3CCCCC3)cc2)c2ccc3c(c2)C(C)(C)c2ccccc2-3)c1.CC(C)(C)c1cc(Br)cc(-c2cc(C(C)(C)C)cc(C(C)(C)C)c2)c1.CC1(C)c2ccccc2-c2ccc(Cc3ccc(C4CCCCC4)cc3)cc21. The van der Waals surface area contributed by atoms with Gasteiger partial charge in [-0.1, -0.05) is 365 Å². The Morgan fingerprint density at radius 3 is 1.06 bits per heavy atom. The van der Waals surface area contributed by atoms with Crippen molar-refractivity contribution < 1.29 is 0 Å². The Hall–Kier alpha value is -7.52.